The lowest BCUT2D eigenvalue weighted by molar-refractivity contribution is -0.169. The number of hydrogen-bond acceptors (Lipinski definition) is 4. The number of epoxide rings is 1. The van der Waals surface area contributed by atoms with Crippen molar-refractivity contribution in [2.24, 2.45) is 5.92 Å². The number of rotatable bonds is 8. The van der Waals surface area contributed by atoms with Crippen molar-refractivity contribution in [3.63, 3.8) is 0 Å². The van der Waals surface area contributed by atoms with E-state index in [2.05, 4.69) is 26.2 Å². The van der Waals surface area contributed by atoms with Gasteiger partial charge >= 0.3 is 0 Å². The smallest absolute Gasteiger partial charge is 0.137 e. The van der Waals surface area contributed by atoms with E-state index in [1.54, 1.807) is 7.11 Å². The number of benzene rings is 1. The van der Waals surface area contributed by atoms with E-state index in [0.29, 0.717) is 18.6 Å². The lowest BCUT2D eigenvalue weighted by Crippen LogP contribution is -3.00. The second-order valence-electron chi connectivity index (χ2n) is 9.39. The van der Waals surface area contributed by atoms with Crippen LogP contribution >= 0.6 is 0 Å². The van der Waals surface area contributed by atoms with Gasteiger partial charge in [-0.3, -0.25) is 0 Å². The maximum atomic E-state index is 13.2. The van der Waals surface area contributed by atoms with E-state index in [4.69, 9.17) is 9.47 Å². The summed E-state index contributed by atoms with van der Waals surface area (Å²) in [7, 11) is 1.49. The van der Waals surface area contributed by atoms with Gasteiger partial charge in [0, 0.05) is 12.7 Å². The van der Waals surface area contributed by atoms with Crippen molar-refractivity contribution in [2.75, 3.05) is 19.1 Å². The summed E-state index contributed by atoms with van der Waals surface area (Å²) in [5.41, 5.74) is 0.802. The first kappa shape index (κ1) is 26.8. The summed E-state index contributed by atoms with van der Waals surface area (Å²) in [6, 6.07) is 6.58. The predicted octanol–water partition coefficient (Wildman–Crippen LogP) is 0.609. The molecule has 2 aliphatic rings. The fraction of sp³-hybridized carbons (Fsp3) is 0.667. The molecule has 1 unspecified atom stereocenters. The molecule has 1 aromatic carbocycles. The van der Waals surface area contributed by atoms with Crippen LogP contribution in [0.2, 0.25) is 0 Å². The molecule has 176 valence electrons. The highest BCUT2D eigenvalue weighted by atomic mass is 79.9. The fourth-order valence-electron chi connectivity index (χ4n) is 5.07. The summed E-state index contributed by atoms with van der Waals surface area (Å²) in [4.78, 5) is 0. The number of aliphatic hydroxyl groups excluding tert-OH is 1. The van der Waals surface area contributed by atoms with E-state index in [-0.39, 0.29) is 45.7 Å². The zero-order chi connectivity index (χ0) is 22.1. The van der Waals surface area contributed by atoms with Crippen LogP contribution in [0.15, 0.2) is 35.9 Å². The molecule has 0 spiro atoms. The van der Waals surface area contributed by atoms with E-state index >= 15 is 0 Å². The van der Waals surface area contributed by atoms with Crippen LogP contribution in [0, 0.1) is 11.7 Å². The van der Waals surface area contributed by atoms with Crippen molar-refractivity contribution >= 4 is 10.9 Å². The van der Waals surface area contributed by atoms with Gasteiger partial charge in [0.15, 0.2) is 0 Å². The molecule has 1 aromatic rings. The summed E-state index contributed by atoms with van der Waals surface area (Å²) in [6.07, 6.45) is 5.07. The van der Waals surface area contributed by atoms with Crippen molar-refractivity contribution in [3.8, 4) is 0 Å². The van der Waals surface area contributed by atoms with Crippen molar-refractivity contribution in [2.45, 2.75) is 75.3 Å². The zero-order valence-corrected chi connectivity index (χ0v) is 21.5. The van der Waals surface area contributed by atoms with Gasteiger partial charge in [0.25, 0.3) is 0 Å². The number of ether oxygens (including phenoxy) is 2. The Morgan fingerprint density at radius 1 is 1.32 bits per heavy atom. The lowest BCUT2D eigenvalue weighted by atomic mass is 9.66. The van der Waals surface area contributed by atoms with E-state index < -0.39 is 23.4 Å². The van der Waals surface area contributed by atoms with Gasteiger partial charge in [-0.25, -0.2) is 4.39 Å². The van der Waals surface area contributed by atoms with Gasteiger partial charge in [-0.1, -0.05) is 23.8 Å². The molecule has 1 saturated carbocycles. The predicted molar refractivity (Wildman–Crippen MR) is 120 cm³/mol. The second kappa shape index (κ2) is 10.7. The first-order valence-electron chi connectivity index (χ1n) is 10.7. The molecule has 2 N–H and O–H groups in total. The van der Waals surface area contributed by atoms with Gasteiger partial charge < -0.3 is 36.7 Å². The van der Waals surface area contributed by atoms with E-state index in [1.807, 2.05) is 19.1 Å². The van der Waals surface area contributed by atoms with Gasteiger partial charge in [-0.15, -0.1) is 0 Å². The fourth-order valence-corrected chi connectivity index (χ4v) is 7.11. The quantitative estimate of drug-likeness (QED) is 0.300. The zero-order valence-electron chi connectivity index (χ0n) is 19.1. The van der Waals surface area contributed by atoms with Crippen LogP contribution in [0.1, 0.15) is 45.6 Å². The Kier molecular flexibility index (Phi) is 9.22. The van der Waals surface area contributed by atoms with Crippen LogP contribution in [-0.4, -0.2) is 58.8 Å². The van der Waals surface area contributed by atoms with Gasteiger partial charge in [0.2, 0.25) is 0 Å². The Morgan fingerprint density at radius 3 is 2.55 bits per heavy atom. The summed E-state index contributed by atoms with van der Waals surface area (Å²) < 4.78 is 25.1. The van der Waals surface area contributed by atoms with E-state index in [0.717, 1.165) is 17.7 Å². The van der Waals surface area contributed by atoms with Crippen LogP contribution in [-0.2, 0) is 26.1 Å². The summed E-state index contributed by atoms with van der Waals surface area (Å²) in [6.45, 7) is 6.18. The summed E-state index contributed by atoms with van der Waals surface area (Å²) in [5, 5.41) is 22.5. The van der Waals surface area contributed by atoms with Crippen LogP contribution in [0.4, 0.5) is 4.39 Å². The highest BCUT2D eigenvalue weighted by Gasteiger charge is 2.68. The maximum absolute atomic E-state index is 13.2. The van der Waals surface area contributed by atoms with Gasteiger partial charge in [0.05, 0.1) is 30.5 Å². The van der Waals surface area contributed by atoms with Crippen molar-refractivity contribution < 1.29 is 41.1 Å². The average Bonchev–Trinajstić information content (AvgIpc) is 3.34. The van der Waals surface area contributed by atoms with Crippen LogP contribution < -0.4 is 17.0 Å². The minimum Gasteiger partial charge on any atom is -1.00 e. The van der Waals surface area contributed by atoms with Gasteiger partial charge in [-0.05, 0) is 63.1 Å². The third-order valence-corrected chi connectivity index (χ3v) is 8.41. The molecule has 7 atom stereocenters. The minimum absolute atomic E-state index is 0. The third kappa shape index (κ3) is 6.12. The normalized spacial score (nSPS) is 35.7. The Balaban J connectivity index is 0.00000341. The first-order valence-corrected chi connectivity index (χ1v) is 12.6. The second-order valence-corrected chi connectivity index (χ2v) is 11.5. The molecule has 1 heterocycles. The van der Waals surface area contributed by atoms with E-state index in [1.165, 1.54) is 17.7 Å². The van der Waals surface area contributed by atoms with Gasteiger partial charge in [-0.2, -0.15) is 0 Å². The van der Waals surface area contributed by atoms with Crippen molar-refractivity contribution in [1.82, 2.24) is 0 Å². The Hall–Kier alpha value is -0.440. The molecule has 3 rings (SSSR count). The molecule has 4 nitrogen and oxygen atoms in total. The van der Waals surface area contributed by atoms with Crippen molar-refractivity contribution in [1.29, 1.82) is 0 Å². The summed E-state index contributed by atoms with van der Waals surface area (Å²) in [5.74, 6) is 0.848. The molecule has 0 aromatic heterocycles. The number of methoxy groups -OCH3 is 1. The number of hydrogen-bond donors (Lipinski definition) is 2. The molecule has 0 amide bonds. The van der Waals surface area contributed by atoms with E-state index in [9.17, 15) is 14.6 Å². The molecule has 7 heteroatoms. The number of aliphatic hydroxyl groups is 2. The Bertz CT molecular complexity index is 756. The molecular weight excluding hydrogens is 483 g/mol. The largest absolute Gasteiger partial charge is 1.00 e. The maximum Gasteiger partial charge on any atom is 0.137 e. The lowest BCUT2D eigenvalue weighted by Gasteiger charge is -2.47. The van der Waals surface area contributed by atoms with Crippen LogP contribution in [0.5, 0.6) is 0 Å². The molecule has 0 bridgehead atoms. The number of halogens is 2. The van der Waals surface area contributed by atoms with Gasteiger partial charge in [0.1, 0.15) is 28.5 Å². The molecule has 0 radical (unpaired) electrons. The van der Waals surface area contributed by atoms with Crippen molar-refractivity contribution in [3.05, 3.63) is 47.3 Å². The Morgan fingerprint density at radius 2 is 1.97 bits per heavy atom. The average molecular weight is 520 g/mol. The van der Waals surface area contributed by atoms with Crippen LogP contribution in [0.3, 0.4) is 0 Å². The topological polar surface area (TPSA) is 62.2 Å². The molecule has 1 saturated heterocycles. The molecule has 1 aliphatic heterocycles. The minimum atomic E-state index is -0.980. The molecule has 2 fully saturated rings. The number of allylic oxidation sites excluding steroid dienone is 1. The van der Waals surface area contributed by atoms with Crippen LogP contribution in [0.25, 0.3) is 0 Å². The standard InChI is InChI=1S/C24H36FO4S.BrH/c1-16(2)6-11-20-23(3,29-20)22-21(28-4)19(26)12-13-24(22,27)15-30(5)14-17-7-9-18(25)10-8-17;/h6-10,19-22,26-27H,11-15H2,1-5H3;1H/q+1;/p-1/t19-,20-,21-,22-,23+,24+,30?;/m1./s1. The molecule has 31 heavy (non-hydrogen) atoms. The molecular formula is C24H36BrFO4S. The Labute approximate surface area is 199 Å². The highest BCUT2D eigenvalue weighted by Crippen LogP contribution is 2.54. The third-order valence-electron chi connectivity index (χ3n) is 6.59. The monoisotopic (exact) mass is 518 g/mol. The summed E-state index contributed by atoms with van der Waals surface area (Å²) >= 11 is 0. The highest BCUT2D eigenvalue weighted by molar-refractivity contribution is 7.95. The first-order chi connectivity index (χ1) is 14.1. The SMILES string of the molecule is CO[C@@H]1[C@H](O)CC[C@](O)(C[S+](C)Cc2ccc(F)cc2)[C@H]1[C@@]1(C)O[C@@H]1CC=C(C)C.[Br-]. The molecule has 1 aliphatic carbocycles.